The molecule has 0 aliphatic rings. The van der Waals surface area contributed by atoms with E-state index < -0.39 is 0 Å². The number of Topliss-reactive ketones (excluding diaryl/α,β-unsaturated/α-hetero) is 1. The lowest BCUT2D eigenvalue weighted by atomic mass is 10.1. The summed E-state index contributed by atoms with van der Waals surface area (Å²) in [5.74, 6) is -0.226. The van der Waals surface area contributed by atoms with Crippen LogP contribution in [0.5, 0.6) is 0 Å². The Labute approximate surface area is 150 Å². The van der Waals surface area contributed by atoms with E-state index >= 15 is 0 Å². The molecule has 0 saturated heterocycles. The van der Waals surface area contributed by atoms with Crippen LogP contribution >= 0.6 is 11.3 Å². The minimum absolute atomic E-state index is 0.0706. The Morgan fingerprint density at radius 2 is 1.84 bits per heavy atom. The number of amides is 1. The molecular weight excluding hydrogens is 334 g/mol. The number of para-hydroxylation sites is 2. The van der Waals surface area contributed by atoms with Gasteiger partial charge in [-0.1, -0.05) is 24.3 Å². The van der Waals surface area contributed by atoms with E-state index in [1.54, 1.807) is 35.6 Å². The summed E-state index contributed by atoms with van der Waals surface area (Å²) in [6.07, 6.45) is 0. The second-order valence-corrected chi connectivity index (χ2v) is 7.01. The van der Waals surface area contributed by atoms with Crippen LogP contribution in [0, 0.1) is 0 Å². The van der Waals surface area contributed by atoms with Crippen LogP contribution in [0.3, 0.4) is 0 Å². The molecule has 128 valence electrons. The molecule has 25 heavy (non-hydrogen) atoms. The number of nitrogens with one attached hydrogen (secondary N) is 1. The first-order chi connectivity index (χ1) is 12.0. The molecular formula is C19H19N3O2S. The number of rotatable bonds is 6. The van der Waals surface area contributed by atoms with Crippen molar-refractivity contribution >= 4 is 38.9 Å². The summed E-state index contributed by atoms with van der Waals surface area (Å²) >= 11 is 1.63. The van der Waals surface area contributed by atoms with Crippen molar-refractivity contribution in [3.63, 3.8) is 0 Å². The van der Waals surface area contributed by atoms with Crippen molar-refractivity contribution in [1.29, 1.82) is 0 Å². The first-order valence-corrected chi connectivity index (χ1v) is 8.77. The molecule has 3 aromatic rings. The maximum atomic E-state index is 12.3. The fourth-order valence-corrected chi connectivity index (χ4v) is 3.66. The van der Waals surface area contributed by atoms with Gasteiger partial charge in [0.25, 0.3) is 0 Å². The normalized spacial score (nSPS) is 11.0. The Hall–Kier alpha value is -2.57. The molecule has 0 saturated carbocycles. The molecule has 0 aliphatic heterocycles. The highest BCUT2D eigenvalue weighted by Gasteiger charge is 2.13. The number of carbonyl (C=O) groups excluding carboxylic acids is 2. The lowest BCUT2D eigenvalue weighted by Crippen LogP contribution is -2.30. The van der Waals surface area contributed by atoms with Crippen LogP contribution in [0.4, 0.5) is 5.69 Å². The number of hydrogen-bond donors (Lipinski definition) is 1. The maximum absolute atomic E-state index is 12.3. The van der Waals surface area contributed by atoms with E-state index in [9.17, 15) is 9.59 Å². The van der Waals surface area contributed by atoms with Crippen LogP contribution < -0.4 is 5.32 Å². The number of anilines is 1. The topological polar surface area (TPSA) is 62.3 Å². The summed E-state index contributed by atoms with van der Waals surface area (Å²) in [5.41, 5.74) is 2.05. The predicted octanol–water partition coefficient (Wildman–Crippen LogP) is 3.57. The van der Waals surface area contributed by atoms with Crippen molar-refractivity contribution in [2.45, 2.75) is 13.5 Å². The number of aromatic nitrogens is 1. The van der Waals surface area contributed by atoms with Gasteiger partial charge in [0.05, 0.1) is 29.0 Å². The highest BCUT2D eigenvalue weighted by atomic mass is 32.1. The first kappa shape index (κ1) is 17.3. The largest absolute Gasteiger partial charge is 0.324 e. The molecule has 1 aromatic heterocycles. The summed E-state index contributed by atoms with van der Waals surface area (Å²) in [6, 6.07) is 15.0. The number of thiazole rings is 1. The average molecular weight is 353 g/mol. The van der Waals surface area contributed by atoms with Crippen molar-refractivity contribution < 1.29 is 9.59 Å². The van der Waals surface area contributed by atoms with E-state index in [1.165, 1.54) is 6.92 Å². The van der Waals surface area contributed by atoms with Gasteiger partial charge in [-0.05, 0) is 38.2 Å². The minimum Gasteiger partial charge on any atom is -0.324 e. The quantitative estimate of drug-likeness (QED) is 0.688. The minimum atomic E-state index is -0.155. The van der Waals surface area contributed by atoms with Crippen LogP contribution in [-0.2, 0) is 11.3 Å². The molecule has 0 spiro atoms. The molecule has 5 nitrogen and oxygen atoms in total. The molecule has 0 atom stereocenters. The average Bonchev–Trinajstić information content (AvgIpc) is 2.96. The number of ketones is 1. The highest BCUT2D eigenvalue weighted by molar-refractivity contribution is 7.18. The van der Waals surface area contributed by atoms with Gasteiger partial charge in [-0.25, -0.2) is 4.98 Å². The number of likely N-dealkylation sites (N-methyl/N-ethyl adjacent to an activating group) is 1. The number of benzene rings is 2. The zero-order valence-electron chi connectivity index (χ0n) is 14.2. The summed E-state index contributed by atoms with van der Waals surface area (Å²) < 4.78 is 1.14. The summed E-state index contributed by atoms with van der Waals surface area (Å²) in [4.78, 5) is 30.4. The van der Waals surface area contributed by atoms with Crippen LogP contribution in [0.1, 0.15) is 22.3 Å². The van der Waals surface area contributed by atoms with Gasteiger partial charge < -0.3 is 5.32 Å². The van der Waals surface area contributed by atoms with Crippen molar-refractivity contribution in [2.24, 2.45) is 0 Å². The predicted molar refractivity (Wildman–Crippen MR) is 101 cm³/mol. The van der Waals surface area contributed by atoms with Crippen LogP contribution in [-0.4, -0.2) is 35.2 Å². The third kappa shape index (κ3) is 4.29. The van der Waals surface area contributed by atoms with Gasteiger partial charge >= 0.3 is 0 Å². The molecule has 0 aliphatic carbocycles. The molecule has 1 amide bonds. The standard InChI is InChI=1S/C19H19N3O2S/c1-13(23)14-7-3-4-8-15(14)20-18(24)11-22(2)12-19-21-16-9-5-6-10-17(16)25-19/h3-10H,11-12H2,1-2H3,(H,20,24). The van der Waals surface area contributed by atoms with Gasteiger partial charge in [-0.15, -0.1) is 11.3 Å². The lowest BCUT2D eigenvalue weighted by molar-refractivity contribution is -0.117. The van der Waals surface area contributed by atoms with E-state index in [0.29, 0.717) is 17.8 Å². The number of carbonyl (C=O) groups is 2. The molecule has 3 rings (SSSR count). The van der Waals surface area contributed by atoms with Gasteiger partial charge in [0.1, 0.15) is 5.01 Å². The van der Waals surface area contributed by atoms with E-state index in [0.717, 1.165) is 15.2 Å². The smallest absolute Gasteiger partial charge is 0.238 e. The lowest BCUT2D eigenvalue weighted by Gasteiger charge is -2.15. The zero-order valence-corrected chi connectivity index (χ0v) is 15.0. The van der Waals surface area contributed by atoms with Gasteiger partial charge in [-0.3, -0.25) is 14.5 Å². The van der Waals surface area contributed by atoms with Gasteiger partial charge in [0.2, 0.25) is 5.91 Å². The molecule has 2 aromatic carbocycles. The molecule has 1 heterocycles. The number of hydrogen-bond acceptors (Lipinski definition) is 5. The number of fused-ring (bicyclic) bond motifs is 1. The highest BCUT2D eigenvalue weighted by Crippen LogP contribution is 2.22. The van der Waals surface area contributed by atoms with E-state index in [4.69, 9.17) is 0 Å². The molecule has 0 bridgehead atoms. The van der Waals surface area contributed by atoms with Gasteiger partial charge in [-0.2, -0.15) is 0 Å². The molecule has 0 radical (unpaired) electrons. The van der Waals surface area contributed by atoms with Crippen molar-refractivity contribution in [2.75, 3.05) is 18.9 Å². The monoisotopic (exact) mass is 353 g/mol. The summed E-state index contributed by atoms with van der Waals surface area (Å²) in [5, 5.41) is 3.79. The molecule has 0 unspecified atom stereocenters. The Morgan fingerprint density at radius 3 is 2.60 bits per heavy atom. The van der Waals surface area contributed by atoms with Gasteiger partial charge in [0, 0.05) is 5.56 Å². The molecule has 6 heteroatoms. The Bertz CT molecular complexity index is 887. The second-order valence-electron chi connectivity index (χ2n) is 5.90. The van der Waals surface area contributed by atoms with Crippen molar-refractivity contribution in [1.82, 2.24) is 9.88 Å². The van der Waals surface area contributed by atoms with Crippen molar-refractivity contribution in [3.8, 4) is 0 Å². The molecule has 1 N–H and O–H groups in total. The zero-order chi connectivity index (χ0) is 17.8. The Balaban J connectivity index is 1.62. The molecule has 0 fully saturated rings. The fourth-order valence-electron chi connectivity index (χ4n) is 2.61. The SMILES string of the molecule is CC(=O)c1ccccc1NC(=O)CN(C)Cc1nc2ccccc2s1. The van der Waals surface area contributed by atoms with Crippen LogP contribution in [0.15, 0.2) is 48.5 Å². The Kier molecular flexibility index (Phi) is 5.21. The third-order valence-corrected chi connectivity index (χ3v) is 4.76. The Morgan fingerprint density at radius 1 is 1.12 bits per heavy atom. The fraction of sp³-hybridized carbons (Fsp3) is 0.211. The maximum Gasteiger partial charge on any atom is 0.238 e. The van der Waals surface area contributed by atoms with Crippen LogP contribution in [0.2, 0.25) is 0 Å². The summed E-state index contributed by atoms with van der Waals surface area (Å²) in [6.45, 7) is 2.31. The third-order valence-electron chi connectivity index (χ3n) is 3.74. The van der Waals surface area contributed by atoms with Crippen molar-refractivity contribution in [3.05, 3.63) is 59.1 Å². The second kappa shape index (κ2) is 7.55. The number of nitrogens with zero attached hydrogens (tertiary/aromatic N) is 2. The summed E-state index contributed by atoms with van der Waals surface area (Å²) in [7, 11) is 1.88. The van der Waals surface area contributed by atoms with Crippen LogP contribution in [0.25, 0.3) is 10.2 Å². The first-order valence-electron chi connectivity index (χ1n) is 7.96. The van der Waals surface area contributed by atoms with E-state index in [2.05, 4.69) is 10.3 Å². The van der Waals surface area contributed by atoms with E-state index in [-0.39, 0.29) is 18.2 Å². The van der Waals surface area contributed by atoms with Gasteiger partial charge in [0.15, 0.2) is 5.78 Å². The van der Waals surface area contributed by atoms with E-state index in [1.807, 2.05) is 36.2 Å².